The van der Waals surface area contributed by atoms with Gasteiger partial charge in [0.15, 0.2) is 5.82 Å². The average Bonchev–Trinajstić information content (AvgIpc) is 3.44. The Morgan fingerprint density at radius 2 is 1.74 bits per heavy atom. The quantitative estimate of drug-likeness (QED) is 0.476. The Bertz CT molecular complexity index is 1190. The molecule has 0 spiro atoms. The number of nitrogens with one attached hydrogen (secondary N) is 1. The van der Waals surface area contributed by atoms with Gasteiger partial charge in [-0.1, -0.05) is 55.5 Å². The van der Waals surface area contributed by atoms with Crippen LogP contribution in [-0.2, 0) is 12.0 Å². The first-order chi connectivity index (χ1) is 14.9. The summed E-state index contributed by atoms with van der Waals surface area (Å²) in [6.45, 7) is 8.00. The fourth-order valence-electron chi connectivity index (χ4n) is 3.47. The van der Waals surface area contributed by atoms with Crippen molar-refractivity contribution < 1.29 is 4.79 Å². The van der Waals surface area contributed by atoms with Crippen molar-refractivity contribution >= 4 is 5.78 Å². The first kappa shape index (κ1) is 20.6. The molecule has 2 aromatic carbocycles. The van der Waals surface area contributed by atoms with Gasteiger partial charge in [-0.05, 0) is 47.9 Å². The fourth-order valence-corrected chi connectivity index (χ4v) is 3.47. The van der Waals surface area contributed by atoms with E-state index in [-0.39, 0.29) is 11.3 Å². The van der Waals surface area contributed by atoms with Crippen LogP contribution in [0.4, 0.5) is 0 Å². The number of nitrogens with zero attached hydrogens (tertiary/aromatic N) is 6. The summed E-state index contributed by atoms with van der Waals surface area (Å²) in [7, 11) is 0. The zero-order valence-electron chi connectivity index (χ0n) is 18.1. The number of aromatic amines is 1. The lowest BCUT2D eigenvalue weighted by atomic mass is 9.97. The largest absolute Gasteiger partial charge is 0.291 e. The van der Waals surface area contributed by atoms with Crippen LogP contribution >= 0.6 is 0 Å². The normalized spacial score (nSPS) is 11.6. The number of tetrazole rings is 1. The predicted molar refractivity (Wildman–Crippen MR) is 117 cm³/mol. The maximum absolute atomic E-state index is 12.1. The molecule has 0 unspecified atom stereocenters. The molecule has 0 bridgehead atoms. The molecule has 0 aliphatic rings. The Morgan fingerprint density at radius 3 is 2.35 bits per heavy atom. The van der Waals surface area contributed by atoms with Gasteiger partial charge in [-0.2, -0.15) is 0 Å². The molecule has 0 atom stereocenters. The van der Waals surface area contributed by atoms with E-state index in [1.165, 1.54) is 0 Å². The Balaban J connectivity index is 1.64. The van der Waals surface area contributed by atoms with Crippen LogP contribution in [0, 0.1) is 0 Å². The Morgan fingerprint density at radius 1 is 1.03 bits per heavy atom. The minimum Gasteiger partial charge on any atom is -0.291 e. The number of carbonyl (C=O) groups is 1. The minimum atomic E-state index is -0.265. The smallest absolute Gasteiger partial charge is 0.217 e. The first-order valence-corrected chi connectivity index (χ1v) is 10.3. The van der Waals surface area contributed by atoms with Crippen molar-refractivity contribution in [1.82, 2.24) is 35.4 Å². The molecule has 0 saturated heterocycles. The van der Waals surface area contributed by atoms with Crippen LogP contribution in [0.3, 0.4) is 0 Å². The molecule has 0 aliphatic heterocycles. The van der Waals surface area contributed by atoms with Crippen LogP contribution in [0.2, 0.25) is 0 Å². The molecule has 0 aliphatic carbocycles. The standard InChI is InChI=1S/C23H25N7O/c1-5-19(31)22-24-20(30(27-22)23(2,3)4)14-15-10-12-16(13-11-15)17-8-6-7-9-18(17)21-25-28-29-26-21/h6-13H,5,14H2,1-4H3,(H,25,26,28,29). The summed E-state index contributed by atoms with van der Waals surface area (Å²) in [5, 5.41) is 18.7. The van der Waals surface area contributed by atoms with Crippen LogP contribution < -0.4 is 0 Å². The molecular formula is C23H25N7O. The van der Waals surface area contributed by atoms with Crippen LogP contribution in [-0.4, -0.2) is 41.2 Å². The van der Waals surface area contributed by atoms with E-state index in [0.29, 0.717) is 24.5 Å². The number of benzene rings is 2. The third kappa shape index (κ3) is 4.28. The van der Waals surface area contributed by atoms with Crippen molar-refractivity contribution in [3.05, 3.63) is 65.7 Å². The zero-order chi connectivity index (χ0) is 22.0. The van der Waals surface area contributed by atoms with Crippen LogP contribution in [0.15, 0.2) is 48.5 Å². The monoisotopic (exact) mass is 415 g/mol. The third-order valence-electron chi connectivity index (χ3n) is 5.03. The number of carbonyl (C=O) groups excluding carboxylic acids is 1. The molecule has 0 amide bonds. The molecule has 8 nitrogen and oxygen atoms in total. The van der Waals surface area contributed by atoms with Gasteiger partial charge in [-0.25, -0.2) is 14.8 Å². The summed E-state index contributed by atoms with van der Waals surface area (Å²) in [4.78, 5) is 16.7. The topological polar surface area (TPSA) is 102 Å². The lowest BCUT2D eigenvalue weighted by Crippen LogP contribution is -2.26. The number of hydrogen-bond donors (Lipinski definition) is 1. The lowest BCUT2D eigenvalue weighted by Gasteiger charge is -2.21. The molecule has 0 saturated carbocycles. The average molecular weight is 416 g/mol. The summed E-state index contributed by atoms with van der Waals surface area (Å²) in [6, 6.07) is 16.3. The van der Waals surface area contributed by atoms with Crippen molar-refractivity contribution in [2.24, 2.45) is 0 Å². The summed E-state index contributed by atoms with van der Waals surface area (Å²) >= 11 is 0. The molecule has 1 N–H and O–H groups in total. The highest BCUT2D eigenvalue weighted by Gasteiger charge is 2.23. The Labute approximate surface area is 180 Å². The molecule has 158 valence electrons. The molecule has 31 heavy (non-hydrogen) atoms. The minimum absolute atomic E-state index is 0.0434. The van der Waals surface area contributed by atoms with Crippen molar-refractivity contribution in [2.45, 2.75) is 46.1 Å². The van der Waals surface area contributed by atoms with Gasteiger partial charge < -0.3 is 0 Å². The second-order valence-electron chi connectivity index (χ2n) is 8.38. The molecule has 2 heterocycles. The van der Waals surface area contributed by atoms with Gasteiger partial charge in [0.2, 0.25) is 11.6 Å². The number of Topliss-reactive ketones (excluding diaryl/α,β-unsaturated/α-hetero) is 1. The van der Waals surface area contributed by atoms with E-state index in [4.69, 9.17) is 0 Å². The van der Waals surface area contributed by atoms with Gasteiger partial charge in [0.1, 0.15) is 5.82 Å². The molecule has 0 fully saturated rings. The van der Waals surface area contributed by atoms with E-state index in [9.17, 15) is 4.79 Å². The fraction of sp³-hybridized carbons (Fsp3) is 0.304. The third-order valence-corrected chi connectivity index (χ3v) is 5.03. The second-order valence-corrected chi connectivity index (χ2v) is 8.38. The van der Waals surface area contributed by atoms with Crippen molar-refractivity contribution in [2.75, 3.05) is 0 Å². The highest BCUT2D eigenvalue weighted by atomic mass is 16.1. The van der Waals surface area contributed by atoms with Crippen LogP contribution in [0.25, 0.3) is 22.5 Å². The van der Waals surface area contributed by atoms with Gasteiger partial charge in [-0.15, -0.1) is 10.2 Å². The molecule has 2 aromatic heterocycles. The predicted octanol–water partition coefficient (Wildman–Crippen LogP) is 4.06. The maximum atomic E-state index is 12.1. The Hall–Kier alpha value is -3.68. The van der Waals surface area contributed by atoms with Gasteiger partial charge in [0.05, 0.1) is 5.54 Å². The van der Waals surface area contributed by atoms with E-state index in [1.54, 1.807) is 0 Å². The molecule has 4 rings (SSSR count). The van der Waals surface area contributed by atoms with Crippen LogP contribution in [0.1, 0.15) is 56.1 Å². The van der Waals surface area contributed by atoms with Crippen molar-refractivity contribution in [3.8, 4) is 22.5 Å². The second kappa shape index (κ2) is 8.22. The van der Waals surface area contributed by atoms with Gasteiger partial charge >= 0.3 is 0 Å². The van der Waals surface area contributed by atoms with Crippen molar-refractivity contribution in [1.29, 1.82) is 0 Å². The summed E-state index contributed by atoms with van der Waals surface area (Å²) in [6.07, 6.45) is 0.984. The summed E-state index contributed by atoms with van der Waals surface area (Å²) in [5.41, 5.74) is 3.88. The van der Waals surface area contributed by atoms with E-state index >= 15 is 0 Å². The highest BCUT2D eigenvalue weighted by Crippen LogP contribution is 2.30. The lowest BCUT2D eigenvalue weighted by molar-refractivity contribution is 0.0977. The van der Waals surface area contributed by atoms with Gasteiger partial charge in [-0.3, -0.25) is 4.79 Å². The van der Waals surface area contributed by atoms with E-state index in [0.717, 1.165) is 28.1 Å². The van der Waals surface area contributed by atoms with E-state index < -0.39 is 0 Å². The number of aromatic nitrogens is 7. The molecule has 0 radical (unpaired) electrons. The molecule has 4 aromatic rings. The van der Waals surface area contributed by atoms with E-state index in [1.807, 2.05) is 35.9 Å². The van der Waals surface area contributed by atoms with Gasteiger partial charge in [0.25, 0.3) is 0 Å². The Kier molecular flexibility index (Phi) is 5.46. The van der Waals surface area contributed by atoms with E-state index in [2.05, 4.69) is 75.7 Å². The number of hydrogen-bond acceptors (Lipinski definition) is 6. The van der Waals surface area contributed by atoms with Crippen molar-refractivity contribution in [3.63, 3.8) is 0 Å². The van der Waals surface area contributed by atoms with Crippen LogP contribution in [0.5, 0.6) is 0 Å². The summed E-state index contributed by atoms with van der Waals surface area (Å²) in [5.74, 6) is 1.66. The maximum Gasteiger partial charge on any atom is 0.217 e. The highest BCUT2D eigenvalue weighted by molar-refractivity contribution is 5.92. The SMILES string of the molecule is CCC(=O)c1nc(Cc2ccc(-c3ccccc3-c3nnn[nH]3)cc2)n(C(C)(C)C)n1. The number of H-pyrrole nitrogens is 1. The molecular weight excluding hydrogens is 390 g/mol. The summed E-state index contributed by atoms with van der Waals surface area (Å²) < 4.78 is 1.86. The van der Waals surface area contributed by atoms with Gasteiger partial charge in [0, 0.05) is 18.4 Å². The number of ketones is 1. The number of rotatable bonds is 6. The molecule has 8 heteroatoms. The zero-order valence-corrected chi connectivity index (χ0v) is 18.1. The first-order valence-electron chi connectivity index (χ1n) is 10.3.